The molecule has 0 spiro atoms. The number of amides is 2. The van der Waals surface area contributed by atoms with Gasteiger partial charge in [0, 0.05) is 24.8 Å². The molecule has 2 aromatic rings. The minimum atomic E-state index is -0.384. The van der Waals surface area contributed by atoms with Gasteiger partial charge >= 0.3 is 0 Å². The van der Waals surface area contributed by atoms with E-state index in [-0.39, 0.29) is 30.2 Å². The minimum absolute atomic E-state index is 0.0636. The molecule has 130 valence electrons. The molecule has 0 saturated carbocycles. The fourth-order valence-electron chi connectivity index (χ4n) is 3.93. The second kappa shape index (κ2) is 6.35. The Morgan fingerprint density at radius 2 is 2.20 bits per heavy atom. The molecule has 6 nitrogen and oxygen atoms in total. The van der Waals surface area contributed by atoms with Gasteiger partial charge in [-0.3, -0.25) is 14.3 Å². The molecule has 1 aromatic heterocycles. The molecule has 0 radical (unpaired) electrons. The van der Waals surface area contributed by atoms with E-state index in [0.29, 0.717) is 6.54 Å². The van der Waals surface area contributed by atoms with Crippen molar-refractivity contribution in [1.29, 1.82) is 0 Å². The minimum Gasteiger partial charge on any atom is -0.337 e. The number of benzene rings is 1. The lowest BCUT2D eigenvalue weighted by Crippen LogP contribution is -2.42. The van der Waals surface area contributed by atoms with Crippen LogP contribution in [0.4, 0.5) is 5.69 Å². The van der Waals surface area contributed by atoms with Gasteiger partial charge in [0.05, 0.1) is 24.7 Å². The van der Waals surface area contributed by atoms with Crippen LogP contribution in [-0.2, 0) is 16.1 Å². The summed E-state index contributed by atoms with van der Waals surface area (Å²) in [7, 11) is 0. The van der Waals surface area contributed by atoms with E-state index in [2.05, 4.69) is 10.4 Å². The zero-order valence-electron chi connectivity index (χ0n) is 14.3. The van der Waals surface area contributed by atoms with Crippen LogP contribution in [0.5, 0.6) is 0 Å². The van der Waals surface area contributed by atoms with Crippen molar-refractivity contribution in [3.05, 3.63) is 47.8 Å². The molecule has 3 heterocycles. The fourth-order valence-corrected chi connectivity index (χ4v) is 3.93. The zero-order valence-corrected chi connectivity index (χ0v) is 14.3. The van der Waals surface area contributed by atoms with Crippen molar-refractivity contribution in [3.63, 3.8) is 0 Å². The van der Waals surface area contributed by atoms with Gasteiger partial charge in [0.2, 0.25) is 11.8 Å². The first-order valence-corrected chi connectivity index (χ1v) is 8.80. The Morgan fingerprint density at radius 3 is 3.00 bits per heavy atom. The number of hydrogen-bond acceptors (Lipinski definition) is 3. The van der Waals surface area contributed by atoms with Crippen LogP contribution >= 0.6 is 0 Å². The maximum Gasteiger partial charge on any atom is 0.231 e. The number of likely N-dealkylation sites (tertiary alicyclic amines) is 1. The zero-order chi connectivity index (χ0) is 17.4. The largest absolute Gasteiger partial charge is 0.337 e. The molecule has 1 saturated heterocycles. The highest BCUT2D eigenvalue weighted by Gasteiger charge is 2.37. The van der Waals surface area contributed by atoms with Gasteiger partial charge in [-0.15, -0.1) is 0 Å². The van der Waals surface area contributed by atoms with Crippen LogP contribution in [-0.4, -0.2) is 39.1 Å². The molecule has 6 heteroatoms. The summed E-state index contributed by atoms with van der Waals surface area (Å²) in [5.41, 5.74) is 2.80. The summed E-state index contributed by atoms with van der Waals surface area (Å²) in [4.78, 5) is 27.2. The smallest absolute Gasteiger partial charge is 0.231 e. The van der Waals surface area contributed by atoms with Gasteiger partial charge in [0.1, 0.15) is 0 Å². The highest BCUT2D eigenvalue weighted by atomic mass is 16.2. The number of carbonyl (C=O) groups excluding carboxylic acids is 2. The Bertz CT molecular complexity index is 813. The number of para-hydroxylation sites is 1. The highest BCUT2D eigenvalue weighted by Crippen LogP contribution is 2.35. The van der Waals surface area contributed by atoms with Crippen molar-refractivity contribution >= 4 is 17.5 Å². The van der Waals surface area contributed by atoms with E-state index >= 15 is 0 Å². The van der Waals surface area contributed by atoms with Gasteiger partial charge < -0.3 is 10.2 Å². The van der Waals surface area contributed by atoms with E-state index < -0.39 is 0 Å². The number of hydrogen-bond donors (Lipinski definition) is 1. The van der Waals surface area contributed by atoms with Crippen LogP contribution in [0.15, 0.2) is 36.7 Å². The number of nitrogens with one attached hydrogen (secondary N) is 1. The molecule has 0 bridgehead atoms. The molecule has 2 aliphatic heterocycles. The van der Waals surface area contributed by atoms with E-state index in [1.807, 2.05) is 53.2 Å². The molecule has 4 rings (SSSR count). The maximum absolute atomic E-state index is 13.2. The molecule has 2 atom stereocenters. The van der Waals surface area contributed by atoms with Gasteiger partial charge in [0.25, 0.3) is 0 Å². The third kappa shape index (κ3) is 3.04. The molecular weight excluding hydrogens is 316 g/mol. The van der Waals surface area contributed by atoms with Gasteiger partial charge in [-0.25, -0.2) is 0 Å². The second-order valence-electron chi connectivity index (χ2n) is 6.96. The van der Waals surface area contributed by atoms with Crippen molar-refractivity contribution in [2.24, 2.45) is 0 Å². The SMILES string of the molecule is Cc1cnn(C[C@@H]2CCCN2C(=O)[C@@H]2CC(=O)Nc3ccccc32)c1. The lowest BCUT2D eigenvalue weighted by atomic mass is 9.89. The predicted molar refractivity (Wildman–Crippen MR) is 94.1 cm³/mol. The van der Waals surface area contributed by atoms with Crippen LogP contribution in [0.2, 0.25) is 0 Å². The van der Waals surface area contributed by atoms with E-state index in [9.17, 15) is 9.59 Å². The lowest BCUT2D eigenvalue weighted by molar-refractivity contribution is -0.136. The van der Waals surface area contributed by atoms with E-state index in [0.717, 1.165) is 36.2 Å². The number of rotatable bonds is 3. The molecule has 1 fully saturated rings. The van der Waals surface area contributed by atoms with Crippen molar-refractivity contribution < 1.29 is 9.59 Å². The average Bonchev–Trinajstić information content (AvgIpc) is 3.22. The first kappa shape index (κ1) is 15.9. The summed E-state index contributed by atoms with van der Waals surface area (Å²) >= 11 is 0. The number of anilines is 1. The molecular formula is C19H22N4O2. The predicted octanol–water partition coefficient (Wildman–Crippen LogP) is 2.31. The van der Waals surface area contributed by atoms with Crippen LogP contribution in [0, 0.1) is 6.92 Å². The molecule has 1 N–H and O–H groups in total. The van der Waals surface area contributed by atoms with Gasteiger partial charge in [0.15, 0.2) is 0 Å². The summed E-state index contributed by atoms with van der Waals surface area (Å²) in [6.07, 6.45) is 6.04. The molecule has 0 unspecified atom stereocenters. The average molecular weight is 338 g/mol. The van der Waals surface area contributed by atoms with Crippen LogP contribution in [0.1, 0.15) is 36.3 Å². The highest BCUT2D eigenvalue weighted by molar-refractivity contribution is 6.01. The quantitative estimate of drug-likeness (QED) is 0.934. The first-order valence-electron chi connectivity index (χ1n) is 8.80. The topological polar surface area (TPSA) is 67.2 Å². The summed E-state index contributed by atoms with van der Waals surface area (Å²) in [6, 6.07) is 7.75. The van der Waals surface area contributed by atoms with Gasteiger partial charge in [-0.1, -0.05) is 18.2 Å². The molecule has 0 aliphatic carbocycles. The van der Waals surface area contributed by atoms with Crippen molar-refractivity contribution in [3.8, 4) is 0 Å². The van der Waals surface area contributed by atoms with E-state index in [1.54, 1.807) is 0 Å². The first-order chi connectivity index (χ1) is 12.1. The summed E-state index contributed by atoms with van der Waals surface area (Å²) in [5, 5.41) is 7.21. The third-order valence-corrected chi connectivity index (χ3v) is 5.12. The molecule has 2 amide bonds. The molecule has 25 heavy (non-hydrogen) atoms. The number of nitrogens with zero attached hydrogens (tertiary/aromatic N) is 3. The van der Waals surface area contributed by atoms with Crippen molar-refractivity contribution in [2.45, 2.75) is 44.7 Å². The molecule has 1 aromatic carbocycles. The summed E-state index contributed by atoms with van der Waals surface area (Å²) in [5.74, 6) is -0.408. The fraction of sp³-hybridized carbons (Fsp3) is 0.421. The number of aryl methyl sites for hydroxylation is 1. The van der Waals surface area contributed by atoms with Crippen molar-refractivity contribution in [2.75, 3.05) is 11.9 Å². The lowest BCUT2D eigenvalue weighted by Gasteiger charge is -2.31. The van der Waals surface area contributed by atoms with Crippen LogP contribution < -0.4 is 5.32 Å². The molecule has 2 aliphatic rings. The summed E-state index contributed by atoms with van der Waals surface area (Å²) in [6.45, 7) is 3.48. The normalized spacial score (nSPS) is 22.6. The standard InChI is InChI=1S/C19H22N4O2/c1-13-10-20-22(11-13)12-14-5-4-8-23(14)19(25)16-9-18(24)21-17-7-3-2-6-15(16)17/h2-3,6-7,10-11,14,16H,4-5,8-9,12H2,1H3,(H,21,24)/t14-,16+/m0/s1. The monoisotopic (exact) mass is 338 g/mol. The Morgan fingerprint density at radius 1 is 1.36 bits per heavy atom. The number of fused-ring (bicyclic) bond motifs is 1. The second-order valence-corrected chi connectivity index (χ2v) is 6.96. The van der Waals surface area contributed by atoms with Crippen LogP contribution in [0.3, 0.4) is 0 Å². The van der Waals surface area contributed by atoms with Gasteiger partial charge in [-0.05, 0) is 37.0 Å². The van der Waals surface area contributed by atoms with E-state index in [1.165, 1.54) is 0 Å². The van der Waals surface area contributed by atoms with E-state index in [4.69, 9.17) is 0 Å². The summed E-state index contributed by atoms with van der Waals surface area (Å²) < 4.78 is 1.91. The Balaban J connectivity index is 1.56. The Labute approximate surface area is 146 Å². The van der Waals surface area contributed by atoms with Crippen molar-refractivity contribution in [1.82, 2.24) is 14.7 Å². The maximum atomic E-state index is 13.2. The third-order valence-electron chi connectivity index (χ3n) is 5.12. The van der Waals surface area contributed by atoms with Gasteiger partial charge in [-0.2, -0.15) is 5.10 Å². The number of carbonyl (C=O) groups is 2. The van der Waals surface area contributed by atoms with Crippen LogP contribution in [0.25, 0.3) is 0 Å². The number of aromatic nitrogens is 2. The Hall–Kier alpha value is -2.63. The Kier molecular flexibility index (Phi) is 4.03.